The second-order valence-electron chi connectivity index (χ2n) is 5.96. The van der Waals surface area contributed by atoms with Crippen LogP contribution in [0.4, 0.5) is 0 Å². The molecule has 1 atom stereocenters. The van der Waals surface area contributed by atoms with E-state index in [-0.39, 0.29) is 5.91 Å². The molecule has 2 aromatic rings. The standard InChI is InChI=1S/C18H19N3O6/c22-14-6-7-21(18(25)19-14)12-15(23)27-16(13-4-2-1-3-5-13)17(24)20-8-10-26-11-9-20/h1-7,16H,8-12H2,(H,19,22,25)/t16-/m0/s1. The van der Waals surface area contributed by atoms with Crippen molar-refractivity contribution in [2.45, 2.75) is 12.6 Å². The number of nitrogens with one attached hydrogen (secondary N) is 1. The first-order chi connectivity index (χ1) is 13.0. The van der Waals surface area contributed by atoms with Crippen LogP contribution >= 0.6 is 0 Å². The molecule has 0 aliphatic carbocycles. The van der Waals surface area contributed by atoms with Crippen molar-refractivity contribution < 1.29 is 19.1 Å². The number of nitrogens with zero attached hydrogens (tertiary/aromatic N) is 2. The van der Waals surface area contributed by atoms with Gasteiger partial charge in [-0.25, -0.2) is 4.79 Å². The molecular formula is C18H19N3O6. The first-order valence-electron chi connectivity index (χ1n) is 8.45. The van der Waals surface area contributed by atoms with Gasteiger partial charge in [0.15, 0.2) is 0 Å². The Hall–Kier alpha value is -3.20. The van der Waals surface area contributed by atoms with Crippen LogP contribution < -0.4 is 11.2 Å². The van der Waals surface area contributed by atoms with E-state index in [2.05, 4.69) is 4.98 Å². The summed E-state index contributed by atoms with van der Waals surface area (Å²) in [7, 11) is 0. The van der Waals surface area contributed by atoms with Gasteiger partial charge < -0.3 is 14.4 Å². The van der Waals surface area contributed by atoms with E-state index < -0.39 is 29.9 Å². The van der Waals surface area contributed by atoms with Crippen LogP contribution in [0.2, 0.25) is 0 Å². The van der Waals surface area contributed by atoms with Crippen LogP contribution in [0.15, 0.2) is 52.2 Å². The molecule has 1 amide bonds. The largest absolute Gasteiger partial charge is 0.446 e. The number of amides is 1. The minimum Gasteiger partial charge on any atom is -0.446 e. The van der Waals surface area contributed by atoms with Crippen LogP contribution in [0, 0.1) is 0 Å². The number of hydrogen-bond acceptors (Lipinski definition) is 6. The second kappa shape index (κ2) is 8.45. The highest BCUT2D eigenvalue weighted by Gasteiger charge is 2.30. The van der Waals surface area contributed by atoms with Crippen molar-refractivity contribution in [1.82, 2.24) is 14.5 Å². The number of morpholine rings is 1. The Labute approximate surface area is 154 Å². The third-order valence-electron chi connectivity index (χ3n) is 4.09. The number of hydrogen-bond donors (Lipinski definition) is 1. The molecule has 0 bridgehead atoms. The molecule has 0 radical (unpaired) electrons. The van der Waals surface area contributed by atoms with Crippen LogP contribution in [-0.2, 0) is 25.6 Å². The molecule has 1 aromatic carbocycles. The molecule has 9 nitrogen and oxygen atoms in total. The zero-order chi connectivity index (χ0) is 19.2. The summed E-state index contributed by atoms with van der Waals surface area (Å²) in [5.41, 5.74) is -0.749. The van der Waals surface area contributed by atoms with Gasteiger partial charge in [-0.15, -0.1) is 0 Å². The molecule has 3 rings (SSSR count). The highest BCUT2D eigenvalue weighted by molar-refractivity contribution is 5.85. The van der Waals surface area contributed by atoms with Gasteiger partial charge in [-0.2, -0.15) is 0 Å². The average Bonchev–Trinajstić information content (AvgIpc) is 2.69. The first kappa shape index (κ1) is 18.6. The zero-order valence-corrected chi connectivity index (χ0v) is 14.5. The van der Waals surface area contributed by atoms with Crippen molar-refractivity contribution >= 4 is 11.9 Å². The minimum absolute atomic E-state index is 0.341. The molecule has 1 aliphatic rings. The van der Waals surface area contributed by atoms with E-state index in [1.165, 1.54) is 6.20 Å². The molecule has 1 aromatic heterocycles. The maximum Gasteiger partial charge on any atom is 0.328 e. The predicted octanol–water partition coefficient (Wildman–Crippen LogP) is -0.320. The van der Waals surface area contributed by atoms with E-state index in [1.54, 1.807) is 35.2 Å². The van der Waals surface area contributed by atoms with E-state index in [0.717, 1.165) is 10.6 Å². The van der Waals surface area contributed by atoms with Crippen LogP contribution in [0.25, 0.3) is 0 Å². The molecule has 27 heavy (non-hydrogen) atoms. The number of esters is 1. The normalized spacial score (nSPS) is 15.2. The zero-order valence-electron chi connectivity index (χ0n) is 14.5. The molecule has 0 spiro atoms. The lowest BCUT2D eigenvalue weighted by molar-refractivity contribution is -0.163. The van der Waals surface area contributed by atoms with Gasteiger partial charge >= 0.3 is 11.7 Å². The van der Waals surface area contributed by atoms with Gasteiger partial charge in [0, 0.05) is 30.9 Å². The fourth-order valence-electron chi connectivity index (χ4n) is 2.71. The smallest absolute Gasteiger partial charge is 0.328 e. The van der Waals surface area contributed by atoms with Crippen LogP contribution in [0.1, 0.15) is 11.7 Å². The number of carbonyl (C=O) groups is 2. The van der Waals surface area contributed by atoms with Crippen molar-refractivity contribution in [3.63, 3.8) is 0 Å². The summed E-state index contributed by atoms with van der Waals surface area (Å²) >= 11 is 0. The van der Waals surface area contributed by atoms with Gasteiger partial charge in [-0.1, -0.05) is 30.3 Å². The molecule has 0 unspecified atom stereocenters. The lowest BCUT2D eigenvalue weighted by Gasteiger charge is -2.30. The Bertz CT molecular complexity index is 914. The summed E-state index contributed by atoms with van der Waals surface area (Å²) in [4.78, 5) is 51.7. The van der Waals surface area contributed by atoms with Gasteiger partial charge in [0.05, 0.1) is 13.2 Å². The summed E-state index contributed by atoms with van der Waals surface area (Å²) in [5, 5.41) is 0. The fraction of sp³-hybridized carbons (Fsp3) is 0.333. The van der Waals surface area contributed by atoms with Crippen LogP contribution in [0.3, 0.4) is 0 Å². The fourth-order valence-corrected chi connectivity index (χ4v) is 2.71. The van der Waals surface area contributed by atoms with Gasteiger partial charge in [-0.05, 0) is 0 Å². The van der Waals surface area contributed by atoms with Crippen molar-refractivity contribution in [2.75, 3.05) is 26.3 Å². The van der Waals surface area contributed by atoms with Crippen molar-refractivity contribution in [3.8, 4) is 0 Å². The predicted molar refractivity (Wildman–Crippen MR) is 94.0 cm³/mol. The summed E-state index contributed by atoms with van der Waals surface area (Å²) < 4.78 is 11.7. The highest BCUT2D eigenvalue weighted by Crippen LogP contribution is 2.21. The third kappa shape index (κ3) is 4.70. The number of benzene rings is 1. The Morgan fingerprint density at radius 3 is 2.48 bits per heavy atom. The first-order valence-corrected chi connectivity index (χ1v) is 8.45. The molecule has 0 saturated carbocycles. The number of ether oxygens (including phenoxy) is 2. The van der Waals surface area contributed by atoms with E-state index in [0.29, 0.717) is 31.9 Å². The maximum atomic E-state index is 12.9. The highest BCUT2D eigenvalue weighted by atomic mass is 16.5. The quantitative estimate of drug-likeness (QED) is 0.719. The summed E-state index contributed by atoms with van der Waals surface area (Å²) in [6.07, 6.45) is 0.0827. The molecule has 1 saturated heterocycles. The lowest BCUT2D eigenvalue weighted by Crippen LogP contribution is -2.44. The number of carbonyl (C=O) groups excluding carboxylic acids is 2. The van der Waals surface area contributed by atoms with Gasteiger partial charge in [0.1, 0.15) is 6.54 Å². The average molecular weight is 373 g/mol. The Kier molecular flexibility index (Phi) is 5.82. The lowest BCUT2D eigenvalue weighted by atomic mass is 10.1. The minimum atomic E-state index is -1.12. The summed E-state index contributed by atoms with van der Waals surface area (Å²) in [6.45, 7) is 1.26. The Morgan fingerprint density at radius 1 is 1.11 bits per heavy atom. The van der Waals surface area contributed by atoms with Gasteiger partial charge in [0.2, 0.25) is 6.10 Å². The van der Waals surface area contributed by atoms with Crippen molar-refractivity contribution in [1.29, 1.82) is 0 Å². The molecule has 1 N–H and O–H groups in total. The Morgan fingerprint density at radius 2 is 1.81 bits per heavy atom. The maximum absolute atomic E-state index is 12.9. The molecule has 1 aliphatic heterocycles. The number of H-pyrrole nitrogens is 1. The Balaban J connectivity index is 1.78. The van der Waals surface area contributed by atoms with E-state index in [1.807, 2.05) is 0 Å². The van der Waals surface area contributed by atoms with Crippen molar-refractivity contribution in [3.05, 3.63) is 69.0 Å². The van der Waals surface area contributed by atoms with E-state index >= 15 is 0 Å². The number of rotatable bonds is 5. The van der Waals surface area contributed by atoms with Gasteiger partial charge in [0.25, 0.3) is 11.5 Å². The third-order valence-corrected chi connectivity index (χ3v) is 4.09. The topological polar surface area (TPSA) is 111 Å². The van der Waals surface area contributed by atoms with E-state index in [4.69, 9.17) is 9.47 Å². The summed E-state index contributed by atoms with van der Waals surface area (Å²) in [5.74, 6) is -1.11. The SMILES string of the molecule is O=C(Cn1ccc(=O)[nH]c1=O)O[C@H](C(=O)N1CCOCC1)c1ccccc1. The molecule has 1 fully saturated rings. The second-order valence-corrected chi connectivity index (χ2v) is 5.96. The molecule has 2 heterocycles. The van der Waals surface area contributed by atoms with E-state index in [9.17, 15) is 19.2 Å². The monoisotopic (exact) mass is 373 g/mol. The van der Waals surface area contributed by atoms with Gasteiger partial charge in [-0.3, -0.25) is 23.9 Å². The number of aromatic amines is 1. The number of aromatic nitrogens is 2. The molecule has 142 valence electrons. The van der Waals surface area contributed by atoms with Crippen LogP contribution in [0.5, 0.6) is 0 Å². The van der Waals surface area contributed by atoms with Crippen LogP contribution in [-0.4, -0.2) is 52.6 Å². The van der Waals surface area contributed by atoms with Crippen molar-refractivity contribution in [2.24, 2.45) is 0 Å². The molecule has 9 heteroatoms. The summed E-state index contributed by atoms with van der Waals surface area (Å²) in [6, 6.07) is 9.80. The molecular weight excluding hydrogens is 354 g/mol.